The van der Waals surface area contributed by atoms with Crippen molar-refractivity contribution in [2.24, 2.45) is 10.8 Å². The van der Waals surface area contributed by atoms with E-state index in [9.17, 15) is 0 Å². The molecule has 0 spiro atoms. The molecule has 1 saturated carbocycles. The first kappa shape index (κ1) is 44.9. The van der Waals surface area contributed by atoms with Crippen molar-refractivity contribution in [1.29, 1.82) is 0 Å². The van der Waals surface area contributed by atoms with E-state index in [2.05, 4.69) is 69.2 Å². The third kappa shape index (κ3) is 88.9. The number of carbonyl (C=O) groups excluding carboxylic acids is 1. The van der Waals surface area contributed by atoms with E-state index in [1.54, 1.807) is 0 Å². The van der Waals surface area contributed by atoms with Crippen molar-refractivity contribution in [3.63, 3.8) is 0 Å². The van der Waals surface area contributed by atoms with E-state index in [0.717, 1.165) is 0 Å². The van der Waals surface area contributed by atoms with Gasteiger partial charge < -0.3 is 4.79 Å². The molecule has 1 fully saturated rings. The van der Waals surface area contributed by atoms with E-state index in [1.807, 2.05) is 6.79 Å². The van der Waals surface area contributed by atoms with Crippen molar-refractivity contribution in [3.05, 3.63) is 0 Å². The molecule has 1 rings (SSSR count). The van der Waals surface area contributed by atoms with Gasteiger partial charge in [0, 0.05) is 42.1 Å². The van der Waals surface area contributed by atoms with Gasteiger partial charge in [0.2, 0.25) is 0 Å². The van der Waals surface area contributed by atoms with Gasteiger partial charge in [0.15, 0.2) is 0 Å². The summed E-state index contributed by atoms with van der Waals surface area (Å²) in [6.45, 7) is 24.1. The molecular weight excluding hydrogens is 751 g/mol. The van der Waals surface area contributed by atoms with Crippen molar-refractivity contribution in [3.8, 4) is 0 Å². The molecule has 0 aromatic carbocycles. The van der Waals surface area contributed by atoms with Gasteiger partial charge in [-0.25, -0.2) is 0 Å². The molecule has 0 atom stereocenters. The van der Waals surface area contributed by atoms with Crippen molar-refractivity contribution in [2.75, 3.05) is 0 Å². The van der Waals surface area contributed by atoms with Crippen molar-refractivity contribution in [2.45, 2.75) is 114 Å². The van der Waals surface area contributed by atoms with Crippen LogP contribution in [0, 0.1) is 10.8 Å². The van der Waals surface area contributed by atoms with Crippen LogP contribution in [0.5, 0.6) is 0 Å². The molecule has 1 aliphatic rings. The van der Waals surface area contributed by atoms with Crippen LogP contribution in [0.1, 0.15) is 114 Å². The smallest absolute Gasteiger partial charge is 0.106 e. The first-order valence-corrected chi connectivity index (χ1v) is 8.82. The summed E-state index contributed by atoms with van der Waals surface area (Å²) < 4.78 is 0. The Hall–Kier alpha value is 1.78. The molecule has 0 N–H and O–H groups in total. The summed E-state index contributed by atoms with van der Waals surface area (Å²) in [5, 5.41) is 0. The predicted octanol–water partition coefficient (Wildman–Crippen LogP) is 8.29. The monoisotopic (exact) mass is 798 g/mol. The molecule has 0 aliphatic heterocycles. The van der Waals surface area contributed by atoms with Gasteiger partial charge >= 0.3 is 0 Å². The topological polar surface area (TPSA) is 17.1 Å². The Morgan fingerprint density at radius 2 is 0.708 bits per heavy atom. The van der Waals surface area contributed by atoms with E-state index in [-0.39, 0.29) is 66.1 Å². The number of carbonyl (C=O) groups is 1. The quantitative estimate of drug-likeness (QED) is 0.226. The Kier molecular flexibility index (Phi) is 60.7. The van der Waals surface area contributed by atoms with Crippen LogP contribution in [0.4, 0.5) is 0 Å². The minimum atomic E-state index is 0. The molecule has 152 valence electrons. The van der Waals surface area contributed by atoms with Crippen LogP contribution in [0.25, 0.3) is 0 Å². The normalized spacial score (nSPS) is 10.9. The largest absolute Gasteiger partial charge is 0.307 e. The summed E-state index contributed by atoms with van der Waals surface area (Å²) in [6, 6.07) is 0. The summed E-state index contributed by atoms with van der Waals surface area (Å²) in [5.74, 6) is 0. The maximum atomic E-state index is 8.00. The van der Waals surface area contributed by atoms with Crippen LogP contribution in [-0.4, -0.2) is 6.79 Å². The zero-order chi connectivity index (χ0) is 17.9. The number of rotatable bonds is 0. The molecule has 0 aromatic heterocycles. The number of hydrogen-bond donors (Lipinski definition) is 0. The van der Waals surface area contributed by atoms with Gasteiger partial charge in [0.25, 0.3) is 0 Å². The second-order valence-corrected chi connectivity index (χ2v) is 7.95. The van der Waals surface area contributed by atoms with E-state index in [4.69, 9.17) is 4.79 Å². The van der Waals surface area contributed by atoms with Crippen LogP contribution < -0.4 is 0 Å². The molecule has 1 nitrogen and oxygen atoms in total. The molecule has 0 bridgehead atoms. The third-order valence-electron chi connectivity index (χ3n) is 3.12. The van der Waals surface area contributed by atoms with Gasteiger partial charge in [-0.15, -0.1) is 24.0 Å². The second-order valence-electron chi connectivity index (χ2n) is 7.95. The number of hydrogen-bond acceptors (Lipinski definition) is 1. The summed E-state index contributed by atoms with van der Waals surface area (Å²) in [5.41, 5.74) is 1.08. The van der Waals surface area contributed by atoms with Gasteiger partial charge in [0.05, 0.1) is 0 Å². The Bertz CT molecular complexity index is 153. The molecule has 0 aromatic rings. The molecule has 0 unspecified atom stereocenters. The summed E-state index contributed by atoms with van der Waals surface area (Å²) in [7, 11) is 0. The molecule has 0 saturated heterocycles. The first-order chi connectivity index (χ1) is 9.54. The maximum absolute atomic E-state index is 8.00. The van der Waals surface area contributed by atoms with Gasteiger partial charge in [-0.05, 0) is 10.8 Å². The van der Waals surface area contributed by atoms with Crippen LogP contribution in [0.15, 0.2) is 0 Å². The Labute approximate surface area is 201 Å². The van der Waals surface area contributed by atoms with Crippen LogP contribution >= 0.6 is 24.0 Å². The van der Waals surface area contributed by atoms with E-state index in [1.165, 1.54) is 44.9 Å². The molecule has 24 heavy (non-hydrogen) atoms. The minimum absolute atomic E-state index is 0. The fraction of sp³-hybridized carbons (Fsp3) is 0.950. The van der Waals surface area contributed by atoms with Gasteiger partial charge in [0.1, 0.15) is 6.79 Å². The molecule has 1 aliphatic carbocycles. The van der Waals surface area contributed by atoms with Crippen LogP contribution in [0.3, 0.4) is 0 Å². The average Bonchev–Trinajstić information content (AvgIpc) is 2.29. The van der Waals surface area contributed by atoms with Crippen LogP contribution in [0.2, 0.25) is 0 Å². The van der Waals surface area contributed by atoms with E-state index < -0.39 is 0 Å². The van der Waals surface area contributed by atoms with Crippen LogP contribution in [-0.2, 0) is 46.9 Å². The molecule has 0 radical (unpaired) electrons. The maximum Gasteiger partial charge on any atom is 0.106 e. The minimum Gasteiger partial charge on any atom is -0.307 e. The Morgan fingerprint density at radius 3 is 0.708 bits per heavy atom. The zero-order valence-corrected chi connectivity index (χ0v) is 26.5. The van der Waals surface area contributed by atoms with Gasteiger partial charge in [-0.1, -0.05) is 114 Å². The standard InChI is InChI=1S/2C6H14.C4H8.C3H8.CH2O.HI.2W/c2*1-5-6(2,3)4;1-2-4-3-1;1-3-2;1-2;;;/h2*5H2,1-4H3;1-4H2;3H2,1-2H3;1H2;1H;;. The van der Waals surface area contributed by atoms with E-state index in [0.29, 0.717) is 10.8 Å². The summed E-state index contributed by atoms with van der Waals surface area (Å²) >= 11 is 0. The summed E-state index contributed by atoms with van der Waals surface area (Å²) in [6.07, 6.45) is 9.79. The third-order valence-corrected chi connectivity index (χ3v) is 3.12. The first-order valence-electron chi connectivity index (χ1n) is 8.82. The Morgan fingerprint density at radius 1 is 0.625 bits per heavy atom. The SMILES string of the molecule is C1CCC1.C=O.CCC.CCC(C)(C)C.CCC(C)(C)C.I.[W].[W]. The number of halogens is 1. The predicted molar refractivity (Wildman–Crippen MR) is 116 cm³/mol. The second kappa shape index (κ2) is 32.4. The van der Waals surface area contributed by atoms with Crippen molar-refractivity contribution in [1.82, 2.24) is 0 Å². The molecular formula is C20H47IOW2. The fourth-order valence-corrected chi connectivity index (χ4v) is 0.250. The van der Waals surface area contributed by atoms with Gasteiger partial charge in [-0.2, -0.15) is 0 Å². The Balaban J connectivity index is -0.0000000305. The molecule has 4 heteroatoms. The van der Waals surface area contributed by atoms with Gasteiger partial charge in [-0.3, -0.25) is 0 Å². The average molecular weight is 798 g/mol. The zero-order valence-electron chi connectivity index (χ0n) is 18.3. The van der Waals surface area contributed by atoms with E-state index >= 15 is 0 Å². The van der Waals surface area contributed by atoms with Crippen molar-refractivity contribution >= 4 is 30.8 Å². The van der Waals surface area contributed by atoms with Crippen molar-refractivity contribution < 1.29 is 46.9 Å². The fourth-order valence-electron chi connectivity index (χ4n) is 0.250. The summed E-state index contributed by atoms with van der Waals surface area (Å²) in [4.78, 5) is 8.00. The molecule has 0 amide bonds. The molecule has 0 heterocycles.